The minimum absolute atomic E-state index is 0.841. The van der Waals surface area contributed by atoms with E-state index in [-0.39, 0.29) is 0 Å². The van der Waals surface area contributed by atoms with Crippen LogP contribution in [0.3, 0.4) is 0 Å². The van der Waals surface area contributed by atoms with Crippen molar-refractivity contribution in [1.29, 1.82) is 0 Å². The van der Waals surface area contributed by atoms with Crippen LogP contribution in [0.1, 0.15) is 19.3 Å². The van der Waals surface area contributed by atoms with E-state index >= 15 is 0 Å². The molecule has 3 atom stereocenters. The molecule has 0 saturated heterocycles. The third-order valence-corrected chi connectivity index (χ3v) is 3.69. The molecule has 0 amide bonds. The molecule has 1 fully saturated rings. The topological polar surface area (TPSA) is 12.0 Å². The van der Waals surface area contributed by atoms with Crippen LogP contribution in [-0.4, -0.2) is 25.4 Å². The van der Waals surface area contributed by atoms with Gasteiger partial charge in [0.05, 0.1) is 0 Å². The summed E-state index contributed by atoms with van der Waals surface area (Å²) in [6.07, 6.45) is 4.31. The van der Waals surface area contributed by atoms with E-state index in [2.05, 4.69) is 19.0 Å². The Morgan fingerprint density at radius 3 is 2.67 bits per heavy atom. The van der Waals surface area contributed by atoms with Crippen molar-refractivity contribution in [2.75, 3.05) is 13.7 Å². The summed E-state index contributed by atoms with van der Waals surface area (Å²) in [5.41, 5.74) is 0.995. The summed E-state index contributed by atoms with van der Waals surface area (Å²) in [6, 6.07) is 0.841. The molecule has 9 heavy (non-hydrogen) atoms. The molecule has 1 rings (SSSR count). The maximum Gasteiger partial charge on any atom is 0.0129 e. The lowest BCUT2D eigenvalue weighted by Crippen LogP contribution is -2.29. The molecule has 0 spiro atoms. The van der Waals surface area contributed by atoms with Crippen molar-refractivity contribution in [3.05, 3.63) is 0 Å². The highest BCUT2D eigenvalue weighted by molar-refractivity contribution is 7.38. The smallest absolute Gasteiger partial charge is 0.0129 e. The van der Waals surface area contributed by atoms with E-state index in [4.69, 9.17) is 0 Å². The van der Waals surface area contributed by atoms with Gasteiger partial charge < -0.3 is 5.32 Å². The van der Waals surface area contributed by atoms with Gasteiger partial charge in [0.15, 0.2) is 0 Å². The first-order valence-electron chi connectivity index (χ1n) is 3.73. The highest BCUT2D eigenvalue weighted by Crippen LogP contribution is 2.31. The van der Waals surface area contributed by atoms with Crippen LogP contribution in [0.25, 0.3) is 0 Å². The van der Waals surface area contributed by atoms with Crippen molar-refractivity contribution in [2.45, 2.75) is 31.0 Å². The van der Waals surface area contributed by atoms with Crippen LogP contribution in [0.5, 0.6) is 0 Å². The zero-order valence-corrected chi connectivity index (χ0v) is 7.28. The number of rotatable bonds is 2. The molecule has 0 aromatic carbocycles. The second-order valence-electron chi connectivity index (χ2n) is 2.72. The largest absolute Gasteiger partial charge is 0.316 e. The Morgan fingerprint density at radius 2 is 2.22 bits per heavy atom. The van der Waals surface area contributed by atoms with Gasteiger partial charge in [-0.15, -0.1) is 8.58 Å². The van der Waals surface area contributed by atoms with Gasteiger partial charge in [-0.2, -0.15) is 0 Å². The highest BCUT2D eigenvalue weighted by Gasteiger charge is 2.23. The summed E-state index contributed by atoms with van der Waals surface area (Å²) in [4.78, 5) is 0. The van der Waals surface area contributed by atoms with E-state index in [0.717, 1.165) is 20.3 Å². The molecule has 0 radical (unpaired) electrons. The first-order valence-corrected chi connectivity index (χ1v) is 5.30. The second kappa shape index (κ2) is 3.53. The first-order chi connectivity index (χ1) is 4.38. The Kier molecular flexibility index (Phi) is 2.94. The lowest BCUT2D eigenvalue weighted by Gasteiger charge is -2.15. The molecule has 0 bridgehead atoms. The predicted molar refractivity (Wildman–Crippen MR) is 44.7 cm³/mol. The van der Waals surface area contributed by atoms with Crippen LogP contribution in [0.15, 0.2) is 0 Å². The van der Waals surface area contributed by atoms with E-state index in [1.165, 1.54) is 19.3 Å². The number of hydrogen-bond donors (Lipinski definition) is 1. The van der Waals surface area contributed by atoms with Crippen molar-refractivity contribution in [3.63, 3.8) is 0 Å². The third-order valence-electron chi connectivity index (χ3n) is 2.26. The molecule has 3 unspecified atom stereocenters. The summed E-state index contributed by atoms with van der Waals surface area (Å²) in [5.74, 6) is 0. The zero-order valence-electron chi connectivity index (χ0n) is 6.28. The van der Waals surface area contributed by atoms with E-state index in [0.29, 0.717) is 0 Å². The molecule has 1 nitrogen and oxygen atoms in total. The van der Waals surface area contributed by atoms with E-state index in [1.807, 2.05) is 0 Å². The van der Waals surface area contributed by atoms with Crippen molar-refractivity contribution in [1.82, 2.24) is 5.32 Å². The van der Waals surface area contributed by atoms with Crippen molar-refractivity contribution in [3.8, 4) is 0 Å². The van der Waals surface area contributed by atoms with E-state index in [1.54, 1.807) is 0 Å². The van der Waals surface area contributed by atoms with Gasteiger partial charge in [0.1, 0.15) is 0 Å². The van der Waals surface area contributed by atoms with Crippen molar-refractivity contribution < 1.29 is 0 Å². The fourth-order valence-corrected chi connectivity index (χ4v) is 2.88. The van der Waals surface area contributed by atoms with E-state index < -0.39 is 0 Å². The molecule has 1 aliphatic rings. The molecular weight excluding hydrogens is 129 g/mol. The number of nitrogens with one attached hydrogen (secondary N) is 1. The summed E-state index contributed by atoms with van der Waals surface area (Å²) in [7, 11) is 3.22. The van der Waals surface area contributed by atoms with Gasteiger partial charge in [-0.1, -0.05) is 6.42 Å². The molecule has 2 heteroatoms. The zero-order chi connectivity index (χ0) is 6.69. The molecule has 54 valence electrons. The Morgan fingerprint density at radius 1 is 1.44 bits per heavy atom. The Labute approximate surface area is 59.4 Å². The maximum absolute atomic E-state index is 3.37. The Balaban J connectivity index is 2.32. The van der Waals surface area contributed by atoms with Crippen LogP contribution >= 0.6 is 8.58 Å². The molecule has 1 saturated carbocycles. The minimum Gasteiger partial charge on any atom is -0.316 e. The van der Waals surface area contributed by atoms with Crippen LogP contribution < -0.4 is 5.32 Å². The summed E-state index contributed by atoms with van der Waals surface area (Å²) < 4.78 is 0. The van der Waals surface area contributed by atoms with Crippen LogP contribution in [0, 0.1) is 0 Å². The van der Waals surface area contributed by atoms with Gasteiger partial charge in [0.2, 0.25) is 0 Å². The maximum atomic E-state index is 3.37. The Hall–Kier alpha value is 0.390. The van der Waals surface area contributed by atoms with Crippen molar-refractivity contribution in [2.24, 2.45) is 0 Å². The SMILES string of the molecule is CNC1CCCC1PC. The monoisotopic (exact) mass is 145 g/mol. The first kappa shape index (κ1) is 7.50. The van der Waals surface area contributed by atoms with Gasteiger partial charge in [-0.25, -0.2) is 0 Å². The van der Waals surface area contributed by atoms with Gasteiger partial charge in [-0.3, -0.25) is 0 Å². The van der Waals surface area contributed by atoms with Gasteiger partial charge >= 0.3 is 0 Å². The molecule has 1 N–H and O–H groups in total. The molecular formula is C7H16NP. The highest BCUT2D eigenvalue weighted by atomic mass is 31.1. The third kappa shape index (κ3) is 1.65. The van der Waals surface area contributed by atoms with Crippen LogP contribution in [0.4, 0.5) is 0 Å². The number of hydrogen-bond acceptors (Lipinski definition) is 1. The standard InChI is InChI=1S/C7H16NP/c1-8-6-4-3-5-7(6)9-2/h6-9H,3-5H2,1-2H3. The van der Waals surface area contributed by atoms with Crippen LogP contribution in [0.2, 0.25) is 0 Å². The molecule has 0 aromatic rings. The summed E-state index contributed by atoms with van der Waals surface area (Å²) >= 11 is 0. The van der Waals surface area contributed by atoms with E-state index in [9.17, 15) is 0 Å². The minimum atomic E-state index is 0.841. The quantitative estimate of drug-likeness (QED) is 0.580. The lowest BCUT2D eigenvalue weighted by molar-refractivity contribution is 0.590. The fourth-order valence-electron chi connectivity index (χ4n) is 1.65. The van der Waals surface area contributed by atoms with Crippen molar-refractivity contribution >= 4 is 8.58 Å². The summed E-state index contributed by atoms with van der Waals surface area (Å²) in [5, 5.41) is 3.37. The fraction of sp³-hybridized carbons (Fsp3) is 1.00. The normalized spacial score (nSPS) is 36.7. The van der Waals surface area contributed by atoms with Gasteiger partial charge in [0.25, 0.3) is 0 Å². The second-order valence-corrected chi connectivity index (χ2v) is 4.04. The average molecular weight is 145 g/mol. The Bertz CT molecular complexity index is 75.0. The average Bonchev–Trinajstić information content (AvgIpc) is 2.33. The van der Waals surface area contributed by atoms with Gasteiger partial charge in [-0.05, 0) is 32.2 Å². The molecule has 0 aromatic heterocycles. The van der Waals surface area contributed by atoms with Gasteiger partial charge in [0, 0.05) is 6.04 Å². The summed E-state index contributed by atoms with van der Waals surface area (Å²) in [6.45, 7) is 2.32. The molecule has 0 heterocycles. The predicted octanol–water partition coefficient (Wildman–Crippen LogP) is 1.44. The lowest BCUT2D eigenvalue weighted by atomic mass is 10.2. The molecule has 0 aliphatic heterocycles. The molecule has 1 aliphatic carbocycles. The van der Waals surface area contributed by atoms with Crippen LogP contribution in [-0.2, 0) is 0 Å².